The van der Waals surface area contributed by atoms with Gasteiger partial charge in [0.05, 0.1) is 0 Å². The number of ether oxygens (including phenoxy) is 1. The van der Waals surface area contributed by atoms with E-state index in [2.05, 4.69) is 10.4 Å². The summed E-state index contributed by atoms with van der Waals surface area (Å²) < 4.78 is 6.76. The molecule has 0 unspecified atom stereocenters. The fourth-order valence-electron chi connectivity index (χ4n) is 1.93. The number of para-hydroxylation sites is 1. The van der Waals surface area contributed by atoms with Gasteiger partial charge in [-0.15, -0.1) is 0 Å². The van der Waals surface area contributed by atoms with Crippen molar-refractivity contribution in [2.24, 2.45) is 7.05 Å². The lowest BCUT2D eigenvalue weighted by Crippen LogP contribution is -2.22. The lowest BCUT2D eigenvalue weighted by atomic mass is 10.1. The Balaban J connectivity index is 2.03. The Morgan fingerprint density at radius 3 is 2.48 bits per heavy atom. The first kappa shape index (κ1) is 15.7. The summed E-state index contributed by atoms with van der Waals surface area (Å²) in [4.78, 5) is 12.0. The highest BCUT2D eigenvalue weighted by molar-refractivity contribution is 6.42. The highest BCUT2D eigenvalue weighted by Gasteiger charge is 2.16. The third-order valence-electron chi connectivity index (χ3n) is 2.99. The molecule has 0 spiro atoms. The number of hydrogen-bond acceptors (Lipinski definition) is 3. The fraction of sp³-hybridized carbons (Fsp3) is 0.286. The molecule has 0 aliphatic rings. The minimum Gasteiger partial charge on any atom is -0.467 e. The number of anilines is 1. The summed E-state index contributed by atoms with van der Waals surface area (Å²) in [6.45, 7) is 3.69. The van der Waals surface area contributed by atoms with E-state index in [1.165, 1.54) is 4.68 Å². The number of carbonyl (C=O) groups excluding carboxylic acids is 1. The summed E-state index contributed by atoms with van der Waals surface area (Å²) in [6.07, 6.45) is 0. The van der Waals surface area contributed by atoms with Crippen LogP contribution in [0.5, 0.6) is 5.88 Å². The third kappa shape index (κ3) is 3.49. The van der Waals surface area contributed by atoms with Crippen molar-refractivity contribution in [1.29, 1.82) is 0 Å². The highest BCUT2D eigenvalue weighted by atomic mass is 35.5. The second-order valence-electron chi connectivity index (χ2n) is 4.64. The van der Waals surface area contributed by atoms with Crippen molar-refractivity contribution in [2.45, 2.75) is 13.8 Å². The van der Waals surface area contributed by atoms with Crippen molar-refractivity contribution in [3.05, 3.63) is 39.5 Å². The van der Waals surface area contributed by atoms with Crippen LogP contribution in [0.4, 0.5) is 5.69 Å². The Hall–Kier alpha value is -1.72. The normalized spacial score (nSPS) is 10.5. The molecule has 1 heterocycles. The Labute approximate surface area is 132 Å². The standard InChI is InChI=1S/C14H15Cl2N3O2/c1-8-5-4-6-9(2)12(8)17-10(20)7-21-14-11(15)13(16)18-19(14)3/h4-6H,7H2,1-3H3,(H,17,20). The molecule has 0 aliphatic heterocycles. The quantitative estimate of drug-likeness (QED) is 0.936. The highest BCUT2D eigenvalue weighted by Crippen LogP contribution is 2.30. The number of amides is 1. The number of aryl methyl sites for hydroxylation is 3. The maximum absolute atomic E-state index is 12.0. The van der Waals surface area contributed by atoms with Gasteiger partial charge < -0.3 is 10.1 Å². The SMILES string of the molecule is Cc1cccc(C)c1NC(=O)COc1c(Cl)c(Cl)nn1C. The number of carbonyl (C=O) groups is 1. The van der Waals surface area contributed by atoms with E-state index in [0.29, 0.717) is 0 Å². The van der Waals surface area contributed by atoms with Crippen LogP contribution in [0, 0.1) is 13.8 Å². The van der Waals surface area contributed by atoms with E-state index >= 15 is 0 Å². The van der Waals surface area contributed by atoms with Crippen LogP contribution in [0.15, 0.2) is 18.2 Å². The third-order valence-corrected chi connectivity index (χ3v) is 3.69. The van der Waals surface area contributed by atoms with Crippen molar-refractivity contribution in [1.82, 2.24) is 9.78 Å². The first-order valence-electron chi connectivity index (χ1n) is 6.27. The van der Waals surface area contributed by atoms with Gasteiger partial charge in [-0.05, 0) is 25.0 Å². The molecule has 5 nitrogen and oxygen atoms in total. The molecule has 0 bridgehead atoms. The van der Waals surface area contributed by atoms with E-state index in [9.17, 15) is 4.79 Å². The van der Waals surface area contributed by atoms with Gasteiger partial charge in [0, 0.05) is 12.7 Å². The van der Waals surface area contributed by atoms with Crippen LogP contribution in [0.25, 0.3) is 0 Å². The summed E-state index contributed by atoms with van der Waals surface area (Å²) in [6, 6.07) is 5.80. The molecule has 0 atom stereocenters. The monoisotopic (exact) mass is 327 g/mol. The minimum absolute atomic E-state index is 0.143. The summed E-state index contributed by atoms with van der Waals surface area (Å²) in [5, 5.41) is 7.06. The average molecular weight is 328 g/mol. The maximum Gasteiger partial charge on any atom is 0.262 e. The van der Waals surface area contributed by atoms with E-state index in [-0.39, 0.29) is 28.6 Å². The number of aromatic nitrogens is 2. The predicted octanol–water partition coefficient (Wildman–Crippen LogP) is 3.36. The lowest BCUT2D eigenvalue weighted by molar-refractivity contribution is -0.118. The second-order valence-corrected chi connectivity index (χ2v) is 5.37. The molecular formula is C14H15Cl2N3O2. The first-order chi connectivity index (χ1) is 9.90. The summed E-state index contributed by atoms with van der Waals surface area (Å²) >= 11 is 11.7. The van der Waals surface area contributed by atoms with Gasteiger partial charge in [-0.3, -0.25) is 4.79 Å². The molecule has 7 heteroatoms. The van der Waals surface area contributed by atoms with Gasteiger partial charge in [0.15, 0.2) is 11.8 Å². The Bertz CT molecular complexity index is 663. The smallest absolute Gasteiger partial charge is 0.262 e. The van der Waals surface area contributed by atoms with Gasteiger partial charge in [-0.1, -0.05) is 41.4 Å². The van der Waals surface area contributed by atoms with E-state index in [4.69, 9.17) is 27.9 Å². The zero-order valence-corrected chi connectivity index (χ0v) is 13.4. The molecule has 1 aromatic heterocycles. The number of halogens is 2. The molecule has 21 heavy (non-hydrogen) atoms. The van der Waals surface area contributed by atoms with Crippen LogP contribution in [0.3, 0.4) is 0 Å². The van der Waals surface area contributed by atoms with E-state index in [1.54, 1.807) is 7.05 Å². The van der Waals surface area contributed by atoms with Crippen LogP contribution in [0.1, 0.15) is 11.1 Å². The molecular weight excluding hydrogens is 313 g/mol. The Morgan fingerprint density at radius 1 is 1.33 bits per heavy atom. The maximum atomic E-state index is 12.0. The predicted molar refractivity (Wildman–Crippen MR) is 83.3 cm³/mol. The fourth-order valence-corrected chi connectivity index (χ4v) is 2.34. The molecule has 1 amide bonds. The molecule has 2 aromatic rings. The zero-order valence-electron chi connectivity index (χ0n) is 11.9. The van der Waals surface area contributed by atoms with Gasteiger partial charge in [-0.25, -0.2) is 4.68 Å². The van der Waals surface area contributed by atoms with E-state index < -0.39 is 0 Å². The van der Waals surface area contributed by atoms with Gasteiger partial charge in [-0.2, -0.15) is 5.10 Å². The van der Waals surface area contributed by atoms with E-state index in [0.717, 1.165) is 16.8 Å². The van der Waals surface area contributed by atoms with Crippen molar-refractivity contribution < 1.29 is 9.53 Å². The van der Waals surface area contributed by atoms with Gasteiger partial charge in [0.1, 0.15) is 5.02 Å². The van der Waals surface area contributed by atoms with Gasteiger partial charge in [0.2, 0.25) is 5.88 Å². The topological polar surface area (TPSA) is 56.1 Å². The number of hydrogen-bond donors (Lipinski definition) is 1. The summed E-state index contributed by atoms with van der Waals surface area (Å²) in [7, 11) is 1.64. The summed E-state index contributed by atoms with van der Waals surface area (Å²) in [5.41, 5.74) is 2.77. The number of nitrogens with zero attached hydrogens (tertiary/aromatic N) is 2. The van der Waals surface area contributed by atoms with Crippen molar-refractivity contribution >= 4 is 34.8 Å². The molecule has 1 aromatic carbocycles. The molecule has 0 radical (unpaired) electrons. The Kier molecular flexibility index (Phi) is 4.75. The molecule has 0 aliphatic carbocycles. The molecule has 0 saturated carbocycles. The molecule has 0 saturated heterocycles. The van der Waals surface area contributed by atoms with Crippen molar-refractivity contribution in [3.8, 4) is 5.88 Å². The van der Waals surface area contributed by atoms with Crippen molar-refractivity contribution in [2.75, 3.05) is 11.9 Å². The second kappa shape index (κ2) is 6.37. The average Bonchev–Trinajstić information content (AvgIpc) is 2.66. The molecule has 112 valence electrons. The minimum atomic E-state index is -0.277. The zero-order chi connectivity index (χ0) is 15.6. The first-order valence-corrected chi connectivity index (χ1v) is 7.02. The number of benzene rings is 1. The van der Waals surface area contributed by atoms with Gasteiger partial charge in [0.25, 0.3) is 5.91 Å². The molecule has 0 fully saturated rings. The number of nitrogens with one attached hydrogen (secondary N) is 1. The molecule has 1 N–H and O–H groups in total. The van der Waals surface area contributed by atoms with Crippen LogP contribution in [0.2, 0.25) is 10.2 Å². The van der Waals surface area contributed by atoms with E-state index in [1.807, 2.05) is 32.0 Å². The lowest BCUT2D eigenvalue weighted by Gasteiger charge is -2.12. The number of rotatable bonds is 4. The van der Waals surface area contributed by atoms with Gasteiger partial charge >= 0.3 is 0 Å². The van der Waals surface area contributed by atoms with Crippen LogP contribution < -0.4 is 10.1 Å². The Morgan fingerprint density at radius 2 is 1.95 bits per heavy atom. The van der Waals surface area contributed by atoms with Crippen LogP contribution in [-0.4, -0.2) is 22.3 Å². The van der Waals surface area contributed by atoms with Crippen LogP contribution >= 0.6 is 23.2 Å². The molecule has 2 rings (SSSR count). The summed E-state index contributed by atoms with van der Waals surface area (Å²) in [5.74, 6) is -0.0147. The van der Waals surface area contributed by atoms with Crippen LogP contribution in [-0.2, 0) is 11.8 Å². The van der Waals surface area contributed by atoms with Crippen molar-refractivity contribution in [3.63, 3.8) is 0 Å². The largest absolute Gasteiger partial charge is 0.467 e.